The molecule has 0 amide bonds. The molecule has 0 heterocycles. The summed E-state index contributed by atoms with van der Waals surface area (Å²) in [6.07, 6.45) is 0.660. The SMILES string of the molecule is CC(Cc1ccc(F)cc1)C(C)C(=O)O. The molecule has 15 heavy (non-hydrogen) atoms. The zero-order valence-corrected chi connectivity index (χ0v) is 8.90. The lowest BCUT2D eigenvalue weighted by molar-refractivity contribution is -0.142. The van der Waals surface area contributed by atoms with Gasteiger partial charge in [-0.25, -0.2) is 4.39 Å². The normalized spacial score (nSPS) is 14.6. The molecule has 0 spiro atoms. The zero-order chi connectivity index (χ0) is 11.4. The van der Waals surface area contributed by atoms with Crippen LogP contribution in [-0.4, -0.2) is 11.1 Å². The highest BCUT2D eigenvalue weighted by molar-refractivity contribution is 5.69. The molecular weight excluding hydrogens is 195 g/mol. The third-order valence-electron chi connectivity index (χ3n) is 2.71. The van der Waals surface area contributed by atoms with Crippen LogP contribution in [0, 0.1) is 17.7 Å². The highest BCUT2D eigenvalue weighted by Crippen LogP contribution is 2.17. The number of hydrogen-bond donors (Lipinski definition) is 1. The summed E-state index contributed by atoms with van der Waals surface area (Å²) in [4.78, 5) is 10.7. The number of halogens is 1. The molecule has 0 saturated heterocycles. The van der Waals surface area contributed by atoms with E-state index in [0.29, 0.717) is 6.42 Å². The van der Waals surface area contributed by atoms with Crippen molar-refractivity contribution in [3.05, 3.63) is 35.6 Å². The van der Waals surface area contributed by atoms with E-state index in [2.05, 4.69) is 0 Å². The predicted molar refractivity (Wildman–Crippen MR) is 56.1 cm³/mol. The summed E-state index contributed by atoms with van der Waals surface area (Å²) in [5, 5.41) is 8.81. The Labute approximate surface area is 88.7 Å². The number of carboxylic acid groups (broad SMARTS) is 1. The number of rotatable bonds is 4. The molecule has 1 aromatic rings. The molecule has 2 atom stereocenters. The Bertz CT molecular complexity index is 332. The Hall–Kier alpha value is -1.38. The first-order valence-corrected chi connectivity index (χ1v) is 4.98. The van der Waals surface area contributed by atoms with Crippen LogP contribution in [0.3, 0.4) is 0 Å². The van der Waals surface area contributed by atoms with Crippen LogP contribution in [-0.2, 0) is 11.2 Å². The molecule has 2 nitrogen and oxygen atoms in total. The number of aliphatic carboxylic acids is 1. The van der Waals surface area contributed by atoms with Crippen molar-refractivity contribution in [2.24, 2.45) is 11.8 Å². The first-order chi connectivity index (χ1) is 7.00. The van der Waals surface area contributed by atoms with Gasteiger partial charge < -0.3 is 5.11 Å². The van der Waals surface area contributed by atoms with Crippen LogP contribution in [0.1, 0.15) is 19.4 Å². The Kier molecular flexibility index (Phi) is 3.83. The lowest BCUT2D eigenvalue weighted by Crippen LogP contribution is -2.19. The van der Waals surface area contributed by atoms with Gasteiger partial charge in [0, 0.05) is 0 Å². The fourth-order valence-electron chi connectivity index (χ4n) is 1.41. The summed E-state index contributed by atoms with van der Waals surface area (Å²) in [7, 11) is 0. The summed E-state index contributed by atoms with van der Waals surface area (Å²) in [5.41, 5.74) is 0.969. The van der Waals surface area contributed by atoms with Gasteiger partial charge in [-0.2, -0.15) is 0 Å². The lowest BCUT2D eigenvalue weighted by atomic mass is 9.90. The largest absolute Gasteiger partial charge is 0.481 e. The van der Waals surface area contributed by atoms with Gasteiger partial charge in [-0.15, -0.1) is 0 Å². The molecule has 1 aromatic carbocycles. The molecule has 0 saturated carbocycles. The average molecular weight is 210 g/mol. The van der Waals surface area contributed by atoms with Gasteiger partial charge in [0.25, 0.3) is 0 Å². The number of carboxylic acids is 1. The minimum atomic E-state index is -0.787. The van der Waals surface area contributed by atoms with E-state index in [9.17, 15) is 9.18 Å². The van der Waals surface area contributed by atoms with Crippen LogP contribution in [0.2, 0.25) is 0 Å². The highest BCUT2D eigenvalue weighted by atomic mass is 19.1. The molecule has 1 rings (SSSR count). The van der Waals surface area contributed by atoms with Gasteiger partial charge in [-0.3, -0.25) is 4.79 Å². The molecular formula is C12H15FO2. The predicted octanol–water partition coefficient (Wildman–Crippen LogP) is 2.73. The molecule has 0 aromatic heterocycles. The molecule has 1 N–H and O–H groups in total. The Morgan fingerprint density at radius 1 is 1.33 bits per heavy atom. The van der Waals surface area contributed by atoms with Crippen LogP contribution in [0.4, 0.5) is 4.39 Å². The van der Waals surface area contributed by atoms with E-state index in [0.717, 1.165) is 5.56 Å². The van der Waals surface area contributed by atoms with Gasteiger partial charge in [0.1, 0.15) is 5.82 Å². The smallest absolute Gasteiger partial charge is 0.306 e. The van der Waals surface area contributed by atoms with E-state index >= 15 is 0 Å². The second-order valence-corrected chi connectivity index (χ2v) is 3.93. The van der Waals surface area contributed by atoms with Crippen molar-refractivity contribution < 1.29 is 14.3 Å². The molecule has 0 fully saturated rings. The first-order valence-electron chi connectivity index (χ1n) is 4.98. The van der Waals surface area contributed by atoms with E-state index in [1.807, 2.05) is 6.92 Å². The van der Waals surface area contributed by atoms with Crippen LogP contribution < -0.4 is 0 Å². The molecule has 0 radical (unpaired) electrons. The highest BCUT2D eigenvalue weighted by Gasteiger charge is 2.19. The quantitative estimate of drug-likeness (QED) is 0.829. The summed E-state index contributed by atoms with van der Waals surface area (Å²) in [5.74, 6) is -1.38. The maximum atomic E-state index is 12.6. The monoisotopic (exact) mass is 210 g/mol. The van der Waals surface area contributed by atoms with Crippen LogP contribution >= 0.6 is 0 Å². The first kappa shape index (κ1) is 11.7. The minimum absolute atomic E-state index is 0.0490. The summed E-state index contributed by atoms with van der Waals surface area (Å²) in [6, 6.07) is 6.18. The maximum absolute atomic E-state index is 12.6. The lowest BCUT2D eigenvalue weighted by Gasteiger charge is -2.15. The van der Waals surface area contributed by atoms with Crippen LogP contribution in [0.25, 0.3) is 0 Å². The van der Waals surface area contributed by atoms with Crippen molar-refractivity contribution in [2.45, 2.75) is 20.3 Å². The molecule has 2 unspecified atom stereocenters. The van der Waals surface area contributed by atoms with Crippen molar-refractivity contribution in [2.75, 3.05) is 0 Å². The second-order valence-electron chi connectivity index (χ2n) is 3.93. The van der Waals surface area contributed by atoms with E-state index in [1.165, 1.54) is 12.1 Å². The molecule has 0 bridgehead atoms. The van der Waals surface area contributed by atoms with E-state index in [1.54, 1.807) is 19.1 Å². The molecule has 0 aliphatic rings. The standard InChI is InChI=1S/C12H15FO2/c1-8(9(2)12(14)15)7-10-3-5-11(13)6-4-10/h3-6,8-9H,7H2,1-2H3,(H,14,15). The molecule has 3 heteroatoms. The Morgan fingerprint density at radius 2 is 1.87 bits per heavy atom. The van der Waals surface area contributed by atoms with Crippen molar-refractivity contribution in [3.8, 4) is 0 Å². The van der Waals surface area contributed by atoms with E-state index in [4.69, 9.17) is 5.11 Å². The van der Waals surface area contributed by atoms with Gasteiger partial charge in [-0.1, -0.05) is 26.0 Å². The summed E-state index contributed by atoms with van der Waals surface area (Å²) >= 11 is 0. The summed E-state index contributed by atoms with van der Waals surface area (Å²) in [6.45, 7) is 3.58. The topological polar surface area (TPSA) is 37.3 Å². The third kappa shape index (κ3) is 3.35. The van der Waals surface area contributed by atoms with Crippen LogP contribution in [0.5, 0.6) is 0 Å². The van der Waals surface area contributed by atoms with Gasteiger partial charge in [0.2, 0.25) is 0 Å². The molecule has 0 aliphatic heterocycles. The number of hydrogen-bond acceptors (Lipinski definition) is 1. The van der Waals surface area contributed by atoms with Gasteiger partial charge in [-0.05, 0) is 30.0 Å². The van der Waals surface area contributed by atoms with Gasteiger partial charge in [0.05, 0.1) is 5.92 Å². The number of benzene rings is 1. The summed E-state index contributed by atoms with van der Waals surface area (Å²) < 4.78 is 12.6. The van der Waals surface area contributed by atoms with Crippen LogP contribution in [0.15, 0.2) is 24.3 Å². The fraction of sp³-hybridized carbons (Fsp3) is 0.417. The van der Waals surface area contributed by atoms with E-state index in [-0.39, 0.29) is 17.7 Å². The maximum Gasteiger partial charge on any atom is 0.306 e. The zero-order valence-electron chi connectivity index (χ0n) is 8.90. The molecule has 0 aliphatic carbocycles. The average Bonchev–Trinajstić information content (AvgIpc) is 2.20. The van der Waals surface area contributed by atoms with Crippen molar-refractivity contribution in [1.82, 2.24) is 0 Å². The van der Waals surface area contributed by atoms with Gasteiger partial charge >= 0.3 is 5.97 Å². The number of carbonyl (C=O) groups is 1. The Morgan fingerprint density at radius 3 is 2.33 bits per heavy atom. The Balaban J connectivity index is 2.62. The molecule has 82 valence electrons. The van der Waals surface area contributed by atoms with Crippen molar-refractivity contribution >= 4 is 5.97 Å². The minimum Gasteiger partial charge on any atom is -0.481 e. The fourth-order valence-corrected chi connectivity index (χ4v) is 1.41. The van der Waals surface area contributed by atoms with Gasteiger partial charge in [0.15, 0.2) is 0 Å². The third-order valence-corrected chi connectivity index (χ3v) is 2.71. The van der Waals surface area contributed by atoms with Crippen molar-refractivity contribution in [3.63, 3.8) is 0 Å². The van der Waals surface area contributed by atoms with E-state index < -0.39 is 5.97 Å². The second kappa shape index (κ2) is 4.91. The van der Waals surface area contributed by atoms with Crippen molar-refractivity contribution in [1.29, 1.82) is 0 Å².